The number of aromatic carboxylic acids is 1. The first-order chi connectivity index (χ1) is 16.9. The Kier molecular flexibility index (Phi) is 5.67. The average molecular weight is 471 g/mol. The van der Waals surface area contributed by atoms with Crippen LogP contribution in [0.4, 0.5) is 10.2 Å². The maximum Gasteiger partial charge on any atom is 0.336 e. The van der Waals surface area contributed by atoms with Crippen molar-refractivity contribution in [1.82, 2.24) is 14.8 Å². The molecular formula is C26H23FN6O2. The number of carboxylic acid groups (broad SMARTS) is 1. The van der Waals surface area contributed by atoms with Crippen LogP contribution >= 0.6 is 0 Å². The lowest BCUT2D eigenvalue weighted by atomic mass is 9.93. The Morgan fingerprint density at radius 2 is 1.91 bits per heavy atom. The van der Waals surface area contributed by atoms with E-state index in [0.29, 0.717) is 41.3 Å². The summed E-state index contributed by atoms with van der Waals surface area (Å²) in [6.45, 7) is 1.30. The molecular weight excluding hydrogens is 447 g/mol. The molecule has 0 radical (unpaired) electrons. The zero-order valence-electron chi connectivity index (χ0n) is 19.1. The number of pyridine rings is 1. The molecule has 176 valence electrons. The number of hydrogen-bond acceptors (Lipinski definition) is 6. The number of aromatic nitrogens is 3. The molecule has 8 nitrogen and oxygen atoms in total. The summed E-state index contributed by atoms with van der Waals surface area (Å²) in [5, 5.41) is 24.5. The summed E-state index contributed by atoms with van der Waals surface area (Å²) in [4.78, 5) is 19.4. The standard InChI is InChI=1S/C26H23FN6O2/c1-32-22-5-4-15(10-18(22)14-30-32)24-20(26(34)35)12-23(33-8-6-19(29)7-9-33)31-25(24)16-2-3-17(13-28)21(27)11-16/h2-5,10-12,14,19H,6-9,29H2,1H3,(H,34,35). The van der Waals surface area contributed by atoms with E-state index in [4.69, 9.17) is 16.0 Å². The van der Waals surface area contributed by atoms with Crippen LogP contribution in [-0.2, 0) is 7.05 Å². The van der Waals surface area contributed by atoms with Gasteiger partial charge in [0.2, 0.25) is 0 Å². The molecule has 1 saturated heterocycles. The van der Waals surface area contributed by atoms with E-state index in [0.717, 1.165) is 23.7 Å². The number of aryl methyl sites for hydroxylation is 1. The fourth-order valence-electron chi connectivity index (χ4n) is 4.56. The summed E-state index contributed by atoms with van der Waals surface area (Å²) in [5.41, 5.74) is 8.65. The summed E-state index contributed by atoms with van der Waals surface area (Å²) in [5.74, 6) is -1.30. The van der Waals surface area contributed by atoms with E-state index in [9.17, 15) is 14.3 Å². The highest BCUT2D eigenvalue weighted by molar-refractivity contribution is 6.02. The number of nitriles is 1. The van der Waals surface area contributed by atoms with Crippen molar-refractivity contribution >= 4 is 22.7 Å². The van der Waals surface area contributed by atoms with Crippen LogP contribution in [-0.4, -0.2) is 45.0 Å². The molecule has 2 aromatic heterocycles. The first-order valence-corrected chi connectivity index (χ1v) is 11.3. The van der Waals surface area contributed by atoms with Crippen molar-refractivity contribution in [3.63, 3.8) is 0 Å². The number of fused-ring (bicyclic) bond motifs is 1. The highest BCUT2D eigenvalue weighted by atomic mass is 19.1. The number of piperidine rings is 1. The van der Waals surface area contributed by atoms with Crippen LogP contribution in [0, 0.1) is 17.1 Å². The predicted molar refractivity (Wildman–Crippen MR) is 130 cm³/mol. The lowest BCUT2D eigenvalue weighted by molar-refractivity contribution is 0.0697. The molecule has 9 heteroatoms. The maximum atomic E-state index is 14.6. The van der Waals surface area contributed by atoms with Crippen molar-refractivity contribution in [2.45, 2.75) is 18.9 Å². The molecule has 35 heavy (non-hydrogen) atoms. The smallest absolute Gasteiger partial charge is 0.336 e. The third-order valence-corrected chi connectivity index (χ3v) is 6.50. The van der Waals surface area contributed by atoms with Gasteiger partial charge in [-0.2, -0.15) is 10.4 Å². The number of carbonyl (C=O) groups is 1. The van der Waals surface area contributed by atoms with E-state index < -0.39 is 11.8 Å². The van der Waals surface area contributed by atoms with Crippen LogP contribution in [0.3, 0.4) is 0 Å². The SMILES string of the molecule is Cn1ncc2cc(-c3c(C(=O)O)cc(N4CCC(N)CC4)nc3-c3ccc(C#N)c(F)c3)ccc21. The molecule has 0 saturated carbocycles. The van der Waals surface area contributed by atoms with E-state index >= 15 is 0 Å². The minimum absolute atomic E-state index is 0.0629. The number of hydrogen-bond donors (Lipinski definition) is 2. The van der Waals surface area contributed by atoms with Gasteiger partial charge in [-0.15, -0.1) is 0 Å². The summed E-state index contributed by atoms with van der Waals surface area (Å²) >= 11 is 0. The van der Waals surface area contributed by atoms with Gasteiger partial charge in [-0.05, 0) is 48.7 Å². The Bertz CT molecular complexity index is 1500. The van der Waals surface area contributed by atoms with Gasteiger partial charge in [-0.3, -0.25) is 4.68 Å². The normalized spacial score (nSPS) is 14.3. The molecule has 3 N–H and O–H groups in total. The van der Waals surface area contributed by atoms with Crippen LogP contribution in [0.25, 0.3) is 33.3 Å². The number of anilines is 1. The van der Waals surface area contributed by atoms with Gasteiger partial charge in [-0.25, -0.2) is 14.2 Å². The molecule has 5 rings (SSSR count). The molecule has 1 aliphatic rings. The van der Waals surface area contributed by atoms with Gasteiger partial charge < -0.3 is 15.7 Å². The quantitative estimate of drug-likeness (QED) is 0.463. The van der Waals surface area contributed by atoms with Crippen molar-refractivity contribution in [2.75, 3.05) is 18.0 Å². The second kappa shape index (κ2) is 8.81. The molecule has 0 amide bonds. The van der Waals surface area contributed by atoms with Crippen LogP contribution in [0.15, 0.2) is 48.7 Å². The molecule has 1 aliphatic heterocycles. The van der Waals surface area contributed by atoms with E-state index in [1.807, 2.05) is 36.2 Å². The van der Waals surface area contributed by atoms with Gasteiger partial charge in [0.15, 0.2) is 0 Å². The Hall–Kier alpha value is -4.29. The molecule has 0 unspecified atom stereocenters. The van der Waals surface area contributed by atoms with Gasteiger partial charge >= 0.3 is 5.97 Å². The maximum absolute atomic E-state index is 14.6. The van der Waals surface area contributed by atoms with Crippen molar-refractivity contribution < 1.29 is 14.3 Å². The molecule has 0 aliphatic carbocycles. The first-order valence-electron chi connectivity index (χ1n) is 11.3. The lowest BCUT2D eigenvalue weighted by Crippen LogP contribution is -2.40. The van der Waals surface area contributed by atoms with Crippen molar-refractivity contribution in [1.29, 1.82) is 5.26 Å². The number of nitrogens with zero attached hydrogens (tertiary/aromatic N) is 5. The predicted octanol–water partition coefficient (Wildman–Crippen LogP) is 3.94. The van der Waals surface area contributed by atoms with Gasteiger partial charge in [0.05, 0.1) is 28.5 Å². The molecule has 3 heterocycles. The molecule has 0 spiro atoms. The Labute approximate surface area is 201 Å². The zero-order valence-corrected chi connectivity index (χ0v) is 19.1. The molecule has 2 aromatic carbocycles. The molecule has 1 fully saturated rings. The Morgan fingerprint density at radius 1 is 1.17 bits per heavy atom. The number of nitrogens with two attached hydrogens (primary N) is 1. The lowest BCUT2D eigenvalue weighted by Gasteiger charge is -2.32. The van der Waals surface area contributed by atoms with Gasteiger partial charge in [-0.1, -0.05) is 12.1 Å². The van der Waals surface area contributed by atoms with E-state index in [-0.39, 0.29) is 17.2 Å². The van der Waals surface area contributed by atoms with E-state index in [1.165, 1.54) is 12.1 Å². The summed E-state index contributed by atoms with van der Waals surface area (Å²) in [7, 11) is 1.83. The highest BCUT2D eigenvalue weighted by Crippen LogP contribution is 2.38. The molecule has 0 bridgehead atoms. The molecule has 4 aromatic rings. The minimum atomic E-state index is -1.11. The Morgan fingerprint density at radius 3 is 2.60 bits per heavy atom. The van der Waals surface area contributed by atoms with Crippen molar-refractivity contribution in [2.24, 2.45) is 12.8 Å². The number of halogens is 1. The van der Waals surface area contributed by atoms with E-state index in [2.05, 4.69) is 5.10 Å². The summed E-state index contributed by atoms with van der Waals surface area (Å²) in [6, 6.07) is 13.2. The van der Waals surface area contributed by atoms with Crippen LogP contribution in [0.1, 0.15) is 28.8 Å². The second-order valence-corrected chi connectivity index (χ2v) is 8.73. The van der Waals surface area contributed by atoms with Gasteiger partial charge in [0.25, 0.3) is 0 Å². The Balaban J connectivity index is 1.77. The zero-order chi connectivity index (χ0) is 24.7. The number of rotatable bonds is 4. The second-order valence-electron chi connectivity index (χ2n) is 8.73. The number of carboxylic acids is 1. The summed E-state index contributed by atoms with van der Waals surface area (Å²) < 4.78 is 16.4. The van der Waals surface area contributed by atoms with Crippen molar-refractivity contribution in [3.8, 4) is 28.5 Å². The van der Waals surface area contributed by atoms with Crippen LogP contribution in [0.2, 0.25) is 0 Å². The van der Waals surface area contributed by atoms with Crippen LogP contribution < -0.4 is 10.6 Å². The van der Waals surface area contributed by atoms with Crippen LogP contribution in [0.5, 0.6) is 0 Å². The third-order valence-electron chi connectivity index (χ3n) is 6.50. The average Bonchev–Trinajstić information content (AvgIpc) is 3.23. The van der Waals surface area contributed by atoms with Gasteiger partial charge in [0, 0.05) is 42.7 Å². The first kappa shape index (κ1) is 22.5. The topological polar surface area (TPSA) is 121 Å². The fourth-order valence-corrected chi connectivity index (χ4v) is 4.56. The van der Waals surface area contributed by atoms with Gasteiger partial charge in [0.1, 0.15) is 17.7 Å². The number of benzene rings is 2. The minimum Gasteiger partial charge on any atom is -0.478 e. The monoisotopic (exact) mass is 470 g/mol. The third kappa shape index (κ3) is 4.09. The fraction of sp³-hybridized carbons (Fsp3) is 0.231. The van der Waals surface area contributed by atoms with E-state index in [1.54, 1.807) is 23.0 Å². The van der Waals surface area contributed by atoms with Crippen molar-refractivity contribution in [3.05, 3.63) is 65.6 Å². The molecule has 0 atom stereocenters. The largest absolute Gasteiger partial charge is 0.478 e. The summed E-state index contributed by atoms with van der Waals surface area (Å²) in [6.07, 6.45) is 3.24. The highest BCUT2D eigenvalue weighted by Gasteiger charge is 2.25.